The zero-order valence-corrected chi connectivity index (χ0v) is 13.0. The molecule has 1 aromatic carbocycles. The molecule has 0 radical (unpaired) electrons. The SMILES string of the molecule is CCCCN(C(=O)c1ccc(OC)c(N)c1)C(C)CC. The van der Waals surface area contributed by atoms with Gasteiger partial charge in [-0.05, 0) is 38.0 Å². The highest BCUT2D eigenvalue weighted by molar-refractivity contribution is 5.95. The van der Waals surface area contributed by atoms with E-state index in [0.29, 0.717) is 17.0 Å². The Balaban J connectivity index is 2.96. The standard InChI is InChI=1S/C16H26N2O2/c1-5-7-10-18(12(3)6-2)16(19)13-8-9-15(20-4)14(17)11-13/h8-9,11-12H,5-7,10,17H2,1-4H3. The summed E-state index contributed by atoms with van der Waals surface area (Å²) in [4.78, 5) is 14.6. The molecule has 4 nitrogen and oxygen atoms in total. The number of nitrogens with two attached hydrogens (primary N) is 1. The van der Waals surface area contributed by atoms with E-state index >= 15 is 0 Å². The summed E-state index contributed by atoms with van der Waals surface area (Å²) in [5.41, 5.74) is 7.01. The average Bonchev–Trinajstić information content (AvgIpc) is 2.46. The molecular formula is C16H26N2O2. The van der Waals surface area contributed by atoms with Gasteiger partial charge in [-0.25, -0.2) is 0 Å². The van der Waals surface area contributed by atoms with Crippen LogP contribution in [0.4, 0.5) is 5.69 Å². The third kappa shape index (κ3) is 3.89. The highest BCUT2D eigenvalue weighted by atomic mass is 16.5. The molecule has 4 heteroatoms. The van der Waals surface area contributed by atoms with Crippen molar-refractivity contribution in [3.63, 3.8) is 0 Å². The van der Waals surface area contributed by atoms with E-state index in [-0.39, 0.29) is 11.9 Å². The van der Waals surface area contributed by atoms with Crippen molar-refractivity contribution in [2.45, 2.75) is 46.1 Å². The zero-order chi connectivity index (χ0) is 15.1. The molecule has 112 valence electrons. The lowest BCUT2D eigenvalue weighted by molar-refractivity contribution is 0.0685. The van der Waals surface area contributed by atoms with Crippen LogP contribution in [0.5, 0.6) is 5.75 Å². The van der Waals surface area contributed by atoms with Crippen molar-refractivity contribution < 1.29 is 9.53 Å². The van der Waals surface area contributed by atoms with E-state index in [2.05, 4.69) is 20.8 Å². The second kappa shape index (κ2) is 7.78. The summed E-state index contributed by atoms with van der Waals surface area (Å²) in [6.45, 7) is 7.10. The Labute approximate surface area is 121 Å². The fourth-order valence-electron chi connectivity index (χ4n) is 2.10. The van der Waals surface area contributed by atoms with Gasteiger partial charge >= 0.3 is 0 Å². The lowest BCUT2D eigenvalue weighted by Crippen LogP contribution is -2.39. The molecule has 1 rings (SSSR count). The Hall–Kier alpha value is -1.71. The smallest absolute Gasteiger partial charge is 0.254 e. The van der Waals surface area contributed by atoms with Gasteiger partial charge in [0.2, 0.25) is 0 Å². The second-order valence-corrected chi connectivity index (χ2v) is 5.07. The van der Waals surface area contributed by atoms with E-state index in [4.69, 9.17) is 10.5 Å². The summed E-state index contributed by atoms with van der Waals surface area (Å²) in [6.07, 6.45) is 3.04. The number of carbonyl (C=O) groups is 1. The van der Waals surface area contributed by atoms with E-state index in [0.717, 1.165) is 25.8 Å². The number of nitrogen functional groups attached to an aromatic ring is 1. The maximum absolute atomic E-state index is 12.6. The number of rotatable bonds is 7. The van der Waals surface area contributed by atoms with Crippen molar-refractivity contribution >= 4 is 11.6 Å². The number of methoxy groups -OCH3 is 1. The van der Waals surface area contributed by atoms with Crippen LogP contribution >= 0.6 is 0 Å². The lowest BCUT2D eigenvalue weighted by Gasteiger charge is -2.29. The van der Waals surface area contributed by atoms with Crippen molar-refractivity contribution in [1.82, 2.24) is 4.90 Å². The maximum atomic E-state index is 12.6. The van der Waals surface area contributed by atoms with Gasteiger partial charge in [0.15, 0.2) is 0 Å². The summed E-state index contributed by atoms with van der Waals surface area (Å²) in [7, 11) is 1.57. The van der Waals surface area contributed by atoms with Crippen LogP contribution in [0.25, 0.3) is 0 Å². The van der Waals surface area contributed by atoms with Crippen molar-refractivity contribution in [2.75, 3.05) is 19.4 Å². The van der Waals surface area contributed by atoms with Crippen LogP contribution in [0.3, 0.4) is 0 Å². The monoisotopic (exact) mass is 278 g/mol. The molecule has 0 fully saturated rings. The number of ether oxygens (including phenoxy) is 1. The maximum Gasteiger partial charge on any atom is 0.254 e. The highest BCUT2D eigenvalue weighted by Gasteiger charge is 2.20. The van der Waals surface area contributed by atoms with E-state index in [9.17, 15) is 4.79 Å². The Morgan fingerprint density at radius 1 is 1.40 bits per heavy atom. The molecule has 2 N–H and O–H groups in total. The molecule has 0 aliphatic rings. The molecule has 1 atom stereocenters. The van der Waals surface area contributed by atoms with E-state index in [1.165, 1.54) is 0 Å². The molecule has 0 aromatic heterocycles. The van der Waals surface area contributed by atoms with Gasteiger partial charge in [0.05, 0.1) is 12.8 Å². The van der Waals surface area contributed by atoms with E-state index in [1.807, 2.05) is 4.90 Å². The third-order valence-electron chi connectivity index (χ3n) is 3.61. The first-order valence-corrected chi connectivity index (χ1v) is 7.29. The molecule has 0 aliphatic carbocycles. The first-order valence-electron chi connectivity index (χ1n) is 7.29. The summed E-state index contributed by atoms with van der Waals surface area (Å²) < 4.78 is 5.12. The zero-order valence-electron chi connectivity index (χ0n) is 13.0. The van der Waals surface area contributed by atoms with E-state index < -0.39 is 0 Å². The molecule has 0 saturated carbocycles. The van der Waals surface area contributed by atoms with Crippen molar-refractivity contribution in [3.05, 3.63) is 23.8 Å². The van der Waals surface area contributed by atoms with Crippen LogP contribution in [-0.4, -0.2) is 30.5 Å². The third-order valence-corrected chi connectivity index (χ3v) is 3.61. The molecule has 0 saturated heterocycles. The van der Waals surface area contributed by atoms with Crippen LogP contribution in [0.2, 0.25) is 0 Å². The minimum Gasteiger partial charge on any atom is -0.495 e. The molecule has 0 heterocycles. The van der Waals surface area contributed by atoms with Gasteiger partial charge in [0.25, 0.3) is 5.91 Å². The molecule has 1 aromatic rings. The predicted molar refractivity (Wildman–Crippen MR) is 83.1 cm³/mol. The van der Waals surface area contributed by atoms with Gasteiger partial charge in [0.1, 0.15) is 5.75 Å². The Kier molecular flexibility index (Phi) is 6.36. The van der Waals surface area contributed by atoms with Crippen LogP contribution < -0.4 is 10.5 Å². The Morgan fingerprint density at radius 3 is 2.60 bits per heavy atom. The first kappa shape index (κ1) is 16.3. The van der Waals surface area contributed by atoms with Crippen molar-refractivity contribution in [1.29, 1.82) is 0 Å². The van der Waals surface area contributed by atoms with E-state index in [1.54, 1.807) is 25.3 Å². The fourth-order valence-corrected chi connectivity index (χ4v) is 2.10. The second-order valence-electron chi connectivity index (χ2n) is 5.07. The van der Waals surface area contributed by atoms with Gasteiger partial charge in [-0.1, -0.05) is 20.3 Å². The van der Waals surface area contributed by atoms with Gasteiger partial charge < -0.3 is 15.4 Å². The molecule has 1 amide bonds. The summed E-state index contributed by atoms with van der Waals surface area (Å²) in [5, 5.41) is 0. The van der Waals surface area contributed by atoms with Crippen molar-refractivity contribution in [2.24, 2.45) is 0 Å². The minimum absolute atomic E-state index is 0.0437. The number of hydrogen-bond donors (Lipinski definition) is 1. The molecule has 0 spiro atoms. The summed E-state index contributed by atoms with van der Waals surface area (Å²) >= 11 is 0. The molecule has 0 bridgehead atoms. The number of anilines is 1. The Bertz CT molecular complexity index is 446. The topological polar surface area (TPSA) is 55.6 Å². The van der Waals surface area contributed by atoms with Gasteiger partial charge in [0, 0.05) is 18.2 Å². The quantitative estimate of drug-likeness (QED) is 0.778. The normalized spacial score (nSPS) is 12.0. The average molecular weight is 278 g/mol. The highest BCUT2D eigenvalue weighted by Crippen LogP contribution is 2.23. The molecular weight excluding hydrogens is 252 g/mol. The predicted octanol–water partition coefficient (Wildman–Crippen LogP) is 3.32. The molecule has 1 unspecified atom stereocenters. The number of unbranched alkanes of at least 4 members (excludes halogenated alkanes) is 1. The fraction of sp³-hybridized carbons (Fsp3) is 0.562. The van der Waals surface area contributed by atoms with Crippen LogP contribution in [0.1, 0.15) is 50.4 Å². The number of nitrogens with zero attached hydrogens (tertiary/aromatic N) is 1. The Morgan fingerprint density at radius 2 is 2.10 bits per heavy atom. The van der Waals surface area contributed by atoms with Gasteiger partial charge in [-0.15, -0.1) is 0 Å². The van der Waals surface area contributed by atoms with Crippen molar-refractivity contribution in [3.8, 4) is 5.75 Å². The summed E-state index contributed by atoms with van der Waals surface area (Å²) in [5.74, 6) is 0.646. The molecule has 20 heavy (non-hydrogen) atoms. The van der Waals surface area contributed by atoms with Crippen LogP contribution in [0.15, 0.2) is 18.2 Å². The first-order chi connectivity index (χ1) is 9.54. The number of hydrogen-bond acceptors (Lipinski definition) is 3. The minimum atomic E-state index is 0.0437. The van der Waals surface area contributed by atoms with Gasteiger partial charge in [-0.3, -0.25) is 4.79 Å². The number of benzene rings is 1. The van der Waals surface area contributed by atoms with Crippen LogP contribution in [-0.2, 0) is 0 Å². The molecule has 0 aliphatic heterocycles. The number of carbonyl (C=O) groups excluding carboxylic acids is 1. The van der Waals surface area contributed by atoms with Crippen LogP contribution in [0, 0.1) is 0 Å². The number of amides is 1. The summed E-state index contributed by atoms with van der Waals surface area (Å²) in [6, 6.07) is 5.45. The van der Waals surface area contributed by atoms with Gasteiger partial charge in [-0.2, -0.15) is 0 Å². The largest absolute Gasteiger partial charge is 0.495 e. The lowest BCUT2D eigenvalue weighted by atomic mass is 10.1.